The molecule has 4 heteroatoms. The molecule has 2 rings (SSSR count). The second-order valence-corrected chi connectivity index (χ2v) is 7.56. The zero-order valence-corrected chi connectivity index (χ0v) is 13.3. The maximum absolute atomic E-state index is 12.3. The Kier molecular flexibility index (Phi) is 4.23. The van der Waals surface area contributed by atoms with E-state index >= 15 is 0 Å². The topological polar surface area (TPSA) is 43.1 Å². The first-order chi connectivity index (χ1) is 8.94. The summed E-state index contributed by atoms with van der Waals surface area (Å²) in [5.41, 5.74) is 7.56. The third kappa shape index (κ3) is 3.14. The van der Waals surface area contributed by atoms with Gasteiger partial charge in [0.2, 0.25) is 5.78 Å². The Hall–Kier alpha value is -0.970. The highest BCUT2D eigenvalue weighted by molar-refractivity contribution is 9.11. The summed E-state index contributed by atoms with van der Waals surface area (Å²) >= 11 is 4.82. The van der Waals surface area contributed by atoms with E-state index in [2.05, 4.69) is 29.8 Å². The van der Waals surface area contributed by atoms with Crippen LogP contribution in [0.3, 0.4) is 0 Å². The maximum atomic E-state index is 12.3. The normalized spacial score (nSPS) is 11.6. The lowest BCUT2D eigenvalue weighted by Gasteiger charge is -2.23. The van der Waals surface area contributed by atoms with Crippen LogP contribution in [0.4, 0.5) is 0 Å². The Morgan fingerprint density at radius 2 is 1.84 bits per heavy atom. The molecule has 0 aliphatic rings. The molecule has 1 heterocycles. The molecule has 0 radical (unpaired) electrons. The van der Waals surface area contributed by atoms with Crippen molar-refractivity contribution in [2.45, 2.75) is 19.3 Å². The van der Waals surface area contributed by atoms with Crippen molar-refractivity contribution in [2.75, 3.05) is 6.54 Å². The molecule has 1 aromatic heterocycles. The Balaban J connectivity index is 2.26. The molecule has 100 valence electrons. The lowest BCUT2D eigenvalue weighted by molar-refractivity contribution is 0.104. The van der Waals surface area contributed by atoms with Gasteiger partial charge < -0.3 is 5.73 Å². The fraction of sp³-hybridized carbons (Fsp3) is 0.267. The predicted octanol–water partition coefficient (Wildman–Crippen LogP) is 3.98. The summed E-state index contributed by atoms with van der Waals surface area (Å²) in [6, 6.07) is 11.5. The van der Waals surface area contributed by atoms with Crippen molar-refractivity contribution in [3.63, 3.8) is 0 Å². The highest BCUT2D eigenvalue weighted by atomic mass is 79.9. The molecule has 0 aliphatic carbocycles. The fourth-order valence-corrected chi connectivity index (χ4v) is 3.12. The number of carbonyl (C=O) groups excluding carboxylic acids is 1. The van der Waals surface area contributed by atoms with Crippen LogP contribution in [-0.4, -0.2) is 12.3 Å². The highest BCUT2D eigenvalue weighted by Crippen LogP contribution is 2.26. The average Bonchev–Trinajstić information content (AvgIpc) is 2.85. The van der Waals surface area contributed by atoms with Crippen molar-refractivity contribution in [1.82, 2.24) is 0 Å². The number of hydrogen-bond acceptors (Lipinski definition) is 3. The zero-order valence-electron chi connectivity index (χ0n) is 10.9. The quantitative estimate of drug-likeness (QED) is 0.857. The number of ketones is 1. The summed E-state index contributed by atoms with van der Waals surface area (Å²) in [6.45, 7) is 4.78. The Bertz CT molecular complexity index is 586. The minimum Gasteiger partial charge on any atom is -0.330 e. The predicted molar refractivity (Wildman–Crippen MR) is 84.0 cm³/mol. The monoisotopic (exact) mass is 337 g/mol. The van der Waals surface area contributed by atoms with Gasteiger partial charge in [0.25, 0.3) is 0 Å². The van der Waals surface area contributed by atoms with Gasteiger partial charge in [-0.05, 0) is 33.6 Å². The lowest BCUT2D eigenvalue weighted by Crippen LogP contribution is -2.28. The van der Waals surface area contributed by atoms with Crippen LogP contribution >= 0.6 is 27.3 Å². The largest absolute Gasteiger partial charge is 0.330 e. The lowest BCUT2D eigenvalue weighted by atomic mass is 9.84. The maximum Gasteiger partial charge on any atom is 0.202 e. The van der Waals surface area contributed by atoms with Gasteiger partial charge in [0.1, 0.15) is 0 Å². The van der Waals surface area contributed by atoms with Crippen LogP contribution in [0.2, 0.25) is 0 Å². The van der Waals surface area contributed by atoms with Crippen molar-refractivity contribution in [3.8, 4) is 0 Å². The van der Waals surface area contributed by atoms with E-state index in [4.69, 9.17) is 5.73 Å². The first kappa shape index (κ1) is 14.4. The minimum absolute atomic E-state index is 0.0620. The Morgan fingerprint density at radius 1 is 1.21 bits per heavy atom. The summed E-state index contributed by atoms with van der Waals surface area (Å²) in [4.78, 5) is 13.0. The number of hydrogen-bond donors (Lipinski definition) is 1. The summed E-state index contributed by atoms with van der Waals surface area (Å²) in [5.74, 6) is 0.0628. The van der Waals surface area contributed by atoms with Crippen LogP contribution in [0, 0.1) is 0 Å². The van der Waals surface area contributed by atoms with Gasteiger partial charge in [0.15, 0.2) is 0 Å². The molecule has 0 fully saturated rings. The molecule has 2 N–H and O–H groups in total. The molecule has 0 atom stereocenters. The number of benzene rings is 1. The van der Waals surface area contributed by atoms with Gasteiger partial charge in [-0.25, -0.2) is 0 Å². The SMILES string of the molecule is CC(C)(CN)c1ccc(C(=O)c2ccc(Br)s2)cc1. The molecule has 0 saturated carbocycles. The molecular weight excluding hydrogens is 322 g/mol. The van der Waals surface area contributed by atoms with Crippen LogP contribution < -0.4 is 5.73 Å². The highest BCUT2D eigenvalue weighted by Gasteiger charge is 2.19. The van der Waals surface area contributed by atoms with Crippen LogP contribution in [0.5, 0.6) is 0 Å². The van der Waals surface area contributed by atoms with Gasteiger partial charge in [-0.3, -0.25) is 4.79 Å². The minimum atomic E-state index is -0.0620. The molecule has 0 unspecified atom stereocenters. The first-order valence-corrected chi connectivity index (χ1v) is 7.65. The van der Waals surface area contributed by atoms with Crippen LogP contribution in [0.15, 0.2) is 40.2 Å². The van der Waals surface area contributed by atoms with Crippen molar-refractivity contribution in [1.29, 1.82) is 0 Å². The molecule has 19 heavy (non-hydrogen) atoms. The van der Waals surface area contributed by atoms with Crippen molar-refractivity contribution >= 4 is 33.0 Å². The summed E-state index contributed by atoms with van der Waals surface area (Å²) in [5, 5.41) is 0. The van der Waals surface area contributed by atoms with E-state index in [1.165, 1.54) is 11.3 Å². The van der Waals surface area contributed by atoms with Gasteiger partial charge in [-0.1, -0.05) is 38.1 Å². The standard InChI is InChI=1S/C15H16BrNOS/c1-15(2,9-17)11-5-3-10(4-6-11)14(18)12-7-8-13(16)19-12/h3-8H,9,17H2,1-2H3. The summed E-state index contributed by atoms with van der Waals surface area (Å²) in [7, 11) is 0. The molecule has 0 saturated heterocycles. The summed E-state index contributed by atoms with van der Waals surface area (Å²) in [6.07, 6.45) is 0. The molecule has 0 bridgehead atoms. The van der Waals surface area contributed by atoms with Crippen molar-refractivity contribution < 1.29 is 4.79 Å². The van der Waals surface area contributed by atoms with E-state index in [1.807, 2.05) is 36.4 Å². The number of nitrogens with two attached hydrogens (primary N) is 1. The molecule has 2 aromatic rings. The van der Waals surface area contributed by atoms with E-state index in [0.29, 0.717) is 12.1 Å². The van der Waals surface area contributed by atoms with Crippen LogP contribution in [0.1, 0.15) is 34.6 Å². The molecular formula is C15H16BrNOS. The first-order valence-electron chi connectivity index (χ1n) is 6.05. The second-order valence-electron chi connectivity index (χ2n) is 5.10. The van der Waals surface area contributed by atoms with E-state index in [9.17, 15) is 4.79 Å². The van der Waals surface area contributed by atoms with Crippen molar-refractivity contribution in [3.05, 3.63) is 56.2 Å². The average molecular weight is 338 g/mol. The van der Waals surface area contributed by atoms with Gasteiger partial charge in [-0.15, -0.1) is 11.3 Å². The Morgan fingerprint density at radius 3 is 2.32 bits per heavy atom. The van der Waals surface area contributed by atoms with E-state index in [0.717, 1.165) is 14.2 Å². The zero-order chi connectivity index (χ0) is 14.0. The number of thiophene rings is 1. The van der Waals surface area contributed by atoms with E-state index < -0.39 is 0 Å². The van der Waals surface area contributed by atoms with Crippen molar-refractivity contribution in [2.24, 2.45) is 5.73 Å². The van der Waals surface area contributed by atoms with Gasteiger partial charge >= 0.3 is 0 Å². The van der Waals surface area contributed by atoms with Gasteiger partial charge in [0, 0.05) is 17.5 Å². The third-order valence-electron chi connectivity index (χ3n) is 3.24. The smallest absolute Gasteiger partial charge is 0.202 e. The number of rotatable bonds is 4. The molecule has 0 amide bonds. The van der Waals surface area contributed by atoms with E-state index in [1.54, 1.807) is 0 Å². The van der Waals surface area contributed by atoms with Gasteiger partial charge in [0.05, 0.1) is 8.66 Å². The number of halogens is 1. The molecule has 0 aliphatic heterocycles. The molecule has 0 spiro atoms. The molecule has 2 nitrogen and oxygen atoms in total. The third-order valence-corrected chi connectivity index (χ3v) is 4.86. The number of carbonyl (C=O) groups is 1. The van der Waals surface area contributed by atoms with Crippen LogP contribution in [0.25, 0.3) is 0 Å². The second kappa shape index (κ2) is 5.57. The summed E-state index contributed by atoms with van der Waals surface area (Å²) < 4.78 is 0.969. The Labute approximate surface area is 125 Å². The fourth-order valence-electron chi connectivity index (χ4n) is 1.77. The van der Waals surface area contributed by atoms with Crippen LogP contribution in [-0.2, 0) is 5.41 Å². The molecule has 1 aromatic carbocycles. The van der Waals surface area contributed by atoms with Gasteiger partial charge in [-0.2, -0.15) is 0 Å². The van der Waals surface area contributed by atoms with E-state index in [-0.39, 0.29) is 11.2 Å².